The third-order valence-electron chi connectivity index (χ3n) is 2.62. The molecule has 0 aliphatic heterocycles. The maximum Gasteiger partial charge on any atom is 0.405 e. The predicted molar refractivity (Wildman–Crippen MR) is 78.2 cm³/mol. The summed E-state index contributed by atoms with van der Waals surface area (Å²) in [5, 5.41) is -4.60. The molecule has 1 atom stereocenters. The average Bonchev–Trinajstić information content (AvgIpc) is 2.36. The summed E-state index contributed by atoms with van der Waals surface area (Å²) in [5.41, 5.74) is -0.516. The summed E-state index contributed by atoms with van der Waals surface area (Å²) in [6.07, 6.45) is -2.35. The van der Waals surface area contributed by atoms with Crippen LogP contribution < -0.4 is 4.74 Å². The van der Waals surface area contributed by atoms with Crippen molar-refractivity contribution in [3.63, 3.8) is 0 Å². The Labute approximate surface area is 133 Å². The van der Waals surface area contributed by atoms with Gasteiger partial charge in [0.25, 0.3) is 0 Å². The van der Waals surface area contributed by atoms with Gasteiger partial charge in [0.1, 0.15) is 11.4 Å². The maximum absolute atomic E-state index is 13.3. The zero-order chi connectivity index (χ0) is 18.1. The van der Waals surface area contributed by atoms with Crippen molar-refractivity contribution in [1.82, 2.24) is 0 Å². The van der Waals surface area contributed by atoms with Crippen molar-refractivity contribution in [2.75, 3.05) is 0 Å². The summed E-state index contributed by atoms with van der Waals surface area (Å²) in [5.74, 6) is -0.687. The molecular formula is C14H18F2O6S. The number of carbonyl (C=O) groups is 1. The van der Waals surface area contributed by atoms with E-state index in [2.05, 4.69) is 4.74 Å². The van der Waals surface area contributed by atoms with Crippen LogP contribution in [0.2, 0.25) is 0 Å². The number of esters is 1. The van der Waals surface area contributed by atoms with Crippen LogP contribution in [0.15, 0.2) is 24.3 Å². The number of carbonyl (C=O) groups excluding carboxylic acids is 1. The van der Waals surface area contributed by atoms with Crippen molar-refractivity contribution < 1.29 is 36.0 Å². The molecule has 1 aromatic carbocycles. The Balaban J connectivity index is 2.83. The van der Waals surface area contributed by atoms with Gasteiger partial charge < -0.3 is 9.47 Å². The van der Waals surface area contributed by atoms with Crippen molar-refractivity contribution in [3.8, 4) is 5.75 Å². The van der Waals surface area contributed by atoms with Gasteiger partial charge in [-0.25, -0.2) is 4.79 Å². The van der Waals surface area contributed by atoms with Gasteiger partial charge in [-0.2, -0.15) is 17.2 Å². The van der Waals surface area contributed by atoms with E-state index in [0.717, 1.165) is 0 Å². The molecule has 9 heteroatoms. The van der Waals surface area contributed by atoms with E-state index in [0.29, 0.717) is 12.7 Å². The van der Waals surface area contributed by atoms with E-state index in [-0.39, 0.29) is 5.56 Å². The number of ether oxygens (including phenoxy) is 2. The molecule has 0 aromatic heterocycles. The first-order valence-corrected chi connectivity index (χ1v) is 8.03. The van der Waals surface area contributed by atoms with Crippen molar-refractivity contribution in [2.24, 2.45) is 0 Å². The molecular weight excluding hydrogens is 334 g/mol. The minimum atomic E-state index is -5.69. The standard InChI is InChI=1S/C14H18F2O6S/c1-9(14(15,16)23(18,19)20)21-12(17)10-5-7-11(8-6-10)22-13(2,3)4/h5-9H,1-4H3,(H,18,19,20). The van der Waals surface area contributed by atoms with Crippen molar-refractivity contribution in [1.29, 1.82) is 0 Å². The van der Waals surface area contributed by atoms with Crippen molar-refractivity contribution in [3.05, 3.63) is 29.8 Å². The van der Waals surface area contributed by atoms with Crippen molar-refractivity contribution >= 4 is 16.1 Å². The highest BCUT2D eigenvalue weighted by molar-refractivity contribution is 7.86. The van der Waals surface area contributed by atoms with E-state index in [1.807, 2.05) is 20.8 Å². The van der Waals surface area contributed by atoms with Crippen LogP contribution in [-0.4, -0.2) is 35.9 Å². The number of rotatable bonds is 5. The summed E-state index contributed by atoms with van der Waals surface area (Å²) in [6, 6.07) is 5.49. The lowest BCUT2D eigenvalue weighted by Crippen LogP contribution is -2.42. The lowest BCUT2D eigenvalue weighted by molar-refractivity contribution is -0.0549. The van der Waals surface area contributed by atoms with Gasteiger partial charge in [0, 0.05) is 0 Å². The molecule has 1 N–H and O–H groups in total. The van der Waals surface area contributed by atoms with Gasteiger partial charge in [-0.3, -0.25) is 4.55 Å². The van der Waals surface area contributed by atoms with Crippen LogP contribution in [0.1, 0.15) is 38.1 Å². The Morgan fingerprint density at radius 3 is 2.04 bits per heavy atom. The first-order chi connectivity index (χ1) is 10.2. The fourth-order valence-corrected chi connectivity index (χ4v) is 1.99. The highest BCUT2D eigenvalue weighted by Gasteiger charge is 2.52. The van der Waals surface area contributed by atoms with Crippen LogP contribution in [-0.2, 0) is 14.9 Å². The molecule has 0 aliphatic carbocycles. The molecule has 130 valence electrons. The lowest BCUT2D eigenvalue weighted by atomic mass is 10.1. The van der Waals surface area contributed by atoms with E-state index < -0.39 is 33.0 Å². The first-order valence-electron chi connectivity index (χ1n) is 6.59. The number of hydrogen-bond acceptors (Lipinski definition) is 5. The quantitative estimate of drug-likeness (QED) is 0.647. The van der Waals surface area contributed by atoms with Gasteiger partial charge in [-0.15, -0.1) is 0 Å². The van der Waals surface area contributed by atoms with Crippen LogP contribution in [0.5, 0.6) is 5.75 Å². The summed E-state index contributed by atoms with van der Waals surface area (Å²) >= 11 is 0. The molecule has 1 rings (SSSR count). The molecule has 0 radical (unpaired) electrons. The summed E-state index contributed by atoms with van der Waals surface area (Å²) in [6.45, 7) is 6.15. The fourth-order valence-electron chi connectivity index (χ4n) is 1.52. The molecule has 0 fully saturated rings. The first kappa shape index (κ1) is 19.3. The van der Waals surface area contributed by atoms with E-state index in [4.69, 9.17) is 9.29 Å². The Morgan fingerprint density at radius 2 is 1.65 bits per heavy atom. The number of benzene rings is 1. The molecule has 23 heavy (non-hydrogen) atoms. The highest BCUT2D eigenvalue weighted by atomic mass is 32.2. The minimum Gasteiger partial charge on any atom is -0.488 e. The maximum atomic E-state index is 13.3. The normalized spacial score (nSPS) is 14.2. The SMILES string of the molecule is CC(OC(=O)c1ccc(OC(C)(C)C)cc1)C(F)(F)S(=O)(=O)O. The minimum absolute atomic E-state index is 0.0655. The number of hydrogen-bond donors (Lipinski definition) is 1. The summed E-state index contributed by atoms with van der Waals surface area (Å²) in [7, 11) is -5.69. The van der Waals surface area contributed by atoms with Gasteiger partial charge in [0.05, 0.1) is 5.56 Å². The smallest absolute Gasteiger partial charge is 0.405 e. The summed E-state index contributed by atoms with van der Waals surface area (Å²) < 4.78 is 66.2. The predicted octanol–water partition coefficient (Wildman–Crippen LogP) is 2.89. The second kappa shape index (κ2) is 6.40. The molecule has 0 saturated carbocycles. The topological polar surface area (TPSA) is 89.9 Å². The van der Waals surface area contributed by atoms with Crippen LogP contribution >= 0.6 is 0 Å². The van der Waals surface area contributed by atoms with E-state index in [9.17, 15) is 22.0 Å². The van der Waals surface area contributed by atoms with Crippen LogP contribution in [0.25, 0.3) is 0 Å². The Morgan fingerprint density at radius 1 is 1.17 bits per heavy atom. The van der Waals surface area contributed by atoms with Gasteiger partial charge in [0.2, 0.25) is 0 Å². The van der Waals surface area contributed by atoms with E-state index in [1.54, 1.807) is 0 Å². The van der Waals surface area contributed by atoms with Crippen molar-refractivity contribution in [2.45, 2.75) is 44.7 Å². The molecule has 0 bridgehead atoms. The number of halogens is 2. The molecule has 6 nitrogen and oxygen atoms in total. The van der Waals surface area contributed by atoms with Gasteiger partial charge in [-0.05, 0) is 52.0 Å². The molecule has 1 unspecified atom stereocenters. The lowest BCUT2D eigenvalue weighted by Gasteiger charge is -2.22. The molecule has 0 spiro atoms. The Kier molecular flexibility index (Phi) is 5.37. The van der Waals surface area contributed by atoms with Gasteiger partial charge in [-0.1, -0.05) is 0 Å². The fraction of sp³-hybridized carbons (Fsp3) is 0.500. The second-order valence-corrected chi connectivity index (χ2v) is 7.32. The molecule has 1 aromatic rings. The third-order valence-corrected chi connectivity index (χ3v) is 3.63. The van der Waals surface area contributed by atoms with Crippen LogP contribution in [0.4, 0.5) is 8.78 Å². The van der Waals surface area contributed by atoms with E-state index >= 15 is 0 Å². The van der Waals surface area contributed by atoms with Gasteiger partial charge >= 0.3 is 21.3 Å². The van der Waals surface area contributed by atoms with Crippen LogP contribution in [0.3, 0.4) is 0 Å². The molecule has 0 amide bonds. The number of alkyl halides is 2. The summed E-state index contributed by atoms with van der Waals surface area (Å²) in [4.78, 5) is 11.8. The second-order valence-electron chi connectivity index (χ2n) is 5.82. The zero-order valence-electron chi connectivity index (χ0n) is 13.0. The molecule has 0 saturated heterocycles. The van der Waals surface area contributed by atoms with Crippen LogP contribution in [0, 0.1) is 0 Å². The monoisotopic (exact) mass is 352 g/mol. The Hall–Kier alpha value is -1.74. The van der Waals surface area contributed by atoms with Gasteiger partial charge in [0.15, 0.2) is 6.10 Å². The zero-order valence-corrected chi connectivity index (χ0v) is 13.9. The Bertz CT molecular complexity index is 662. The molecule has 0 aliphatic rings. The third kappa shape index (κ3) is 5.14. The largest absolute Gasteiger partial charge is 0.488 e. The van der Waals surface area contributed by atoms with E-state index in [1.165, 1.54) is 24.3 Å². The highest BCUT2D eigenvalue weighted by Crippen LogP contribution is 2.28. The average molecular weight is 352 g/mol. The molecule has 0 heterocycles.